The largest absolute Gasteiger partial charge is 0.192 e. The number of nitriles is 2. The highest BCUT2D eigenvalue weighted by atomic mass is 14.5. The van der Waals surface area contributed by atoms with Gasteiger partial charge < -0.3 is 0 Å². The molecule has 0 unspecified atom stereocenters. The molecule has 0 fully saturated rings. The van der Waals surface area contributed by atoms with Crippen LogP contribution in [0.25, 0.3) is 55.6 Å². The summed E-state index contributed by atoms with van der Waals surface area (Å²) in [5.74, 6) is 0. The lowest BCUT2D eigenvalue weighted by Crippen LogP contribution is -2.25. The van der Waals surface area contributed by atoms with E-state index in [1.807, 2.05) is 42.5 Å². The Morgan fingerprint density at radius 1 is 0.340 bits per heavy atom. The average Bonchev–Trinajstić information content (AvgIpc) is 3.61. The van der Waals surface area contributed by atoms with Crippen LogP contribution in [0.3, 0.4) is 0 Å². The minimum Gasteiger partial charge on any atom is -0.192 e. The van der Waals surface area contributed by atoms with E-state index >= 15 is 0 Å². The van der Waals surface area contributed by atoms with Crippen molar-refractivity contribution in [3.63, 3.8) is 0 Å². The number of benzene rings is 7. The number of hydrogen-bond donors (Lipinski definition) is 0. The van der Waals surface area contributed by atoms with Crippen LogP contribution >= 0.6 is 0 Å². The zero-order valence-electron chi connectivity index (χ0n) is 25.4. The van der Waals surface area contributed by atoms with Crippen molar-refractivity contribution >= 4 is 0 Å². The smallest absolute Gasteiger partial charge is 0.100 e. The number of hydrogen-bond acceptors (Lipinski definition) is 2. The molecule has 7 aromatic carbocycles. The van der Waals surface area contributed by atoms with Gasteiger partial charge in [0.15, 0.2) is 0 Å². The zero-order chi connectivity index (χ0) is 31.5. The predicted octanol–water partition coefficient (Wildman–Crippen LogP) is 10.8. The second-order valence-corrected chi connectivity index (χ2v) is 12.3. The predicted molar refractivity (Wildman–Crippen MR) is 188 cm³/mol. The number of fused-ring (bicyclic) bond motifs is 10. The van der Waals surface area contributed by atoms with E-state index in [0.717, 1.165) is 44.5 Å². The SMILES string of the molecule is N#Cc1ccc2c(c1)-c1cc(-c3cc(-c4ccccc4)c(C#N)c(-c4ccccc4)c3)ccc1C21c2ccccc2-c2ccccc21. The molecule has 2 aliphatic rings. The van der Waals surface area contributed by atoms with Crippen LogP contribution < -0.4 is 0 Å². The summed E-state index contributed by atoms with van der Waals surface area (Å²) < 4.78 is 0. The van der Waals surface area contributed by atoms with Crippen molar-refractivity contribution < 1.29 is 0 Å². The molecule has 216 valence electrons. The summed E-state index contributed by atoms with van der Waals surface area (Å²) in [6.45, 7) is 0. The zero-order valence-corrected chi connectivity index (χ0v) is 25.4. The highest BCUT2D eigenvalue weighted by molar-refractivity contribution is 5.97. The number of nitrogens with zero attached hydrogens (tertiary/aromatic N) is 2. The lowest BCUT2D eigenvalue weighted by atomic mass is 9.70. The fourth-order valence-electron chi connectivity index (χ4n) is 8.02. The molecule has 0 amide bonds. The third-order valence-corrected chi connectivity index (χ3v) is 9.97. The first-order valence-corrected chi connectivity index (χ1v) is 15.8. The first kappa shape index (κ1) is 26.9. The van der Waals surface area contributed by atoms with Gasteiger partial charge in [-0.2, -0.15) is 10.5 Å². The minimum atomic E-state index is -0.473. The van der Waals surface area contributed by atoms with Gasteiger partial charge in [0.25, 0.3) is 0 Å². The fourth-order valence-corrected chi connectivity index (χ4v) is 8.02. The Morgan fingerprint density at radius 2 is 0.809 bits per heavy atom. The molecule has 1 spiro atoms. The Bertz CT molecular complexity index is 2370. The van der Waals surface area contributed by atoms with E-state index in [1.165, 1.54) is 33.4 Å². The molecule has 0 bridgehead atoms. The molecular formula is C45H26N2. The molecule has 0 saturated heterocycles. The van der Waals surface area contributed by atoms with Gasteiger partial charge in [-0.25, -0.2) is 0 Å². The van der Waals surface area contributed by atoms with E-state index in [1.54, 1.807) is 0 Å². The van der Waals surface area contributed by atoms with Crippen molar-refractivity contribution in [3.8, 4) is 67.8 Å². The van der Waals surface area contributed by atoms with Gasteiger partial charge in [0.1, 0.15) is 6.07 Å². The van der Waals surface area contributed by atoms with Crippen LogP contribution in [0.1, 0.15) is 33.4 Å². The van der Waals surface area contributed by atoms with E-state index in [4.69, 9.17) is 0 Å². The molecule has 0 N–H and O–H groups in total. The Morgan fingerprint density at radius 3 is 1.36 bits per heavy atom. The third-order valence-electron chi connectivity index (χ3n) is 9.97. The van der Waals surface area contributed by atoms with Crippen molar-refractivity contribution in [2.45, 2.75) is 5.41 Å². The van der Waals surface area contributed by atoms with E-state index in [2.05, 4.69) is 127 Å². The maximum Gasteiger partial charge on any atom is 0.100 e. The van der Waals surface area contributed by atoms with Crippen LogP contribution in [0.2, 0.25) is 0 Å². The van der Waals surface area contributed by atoms with Gasteiger partial charge in [-0.05, 0) is 97.1 Å². The molecule has 0 saturated carbocycles. The summed E-state index contributed by atoms with van der Waals surface area (Å²) in [7, 11) is 0. The van der Waals surface area contributed by atoms with E-state index in [0.29, 0.717) is 11.1 Å². The van der Waals surface area contributed by atoms with Gasteiger partial charge in [-0.15, -0.1) is 0 Å². The van der Waals surface area contributed by atoms with Crippen LogP contribution in [0.15, 0.2) is 158 Å². The Kier molecular flexibility index (Phi) is 5.88. The standard InChI is InChI=1S/C45H26N2/c46-27-29-19-21-43-38(23-29)39-24-32(20-22-44(39)45(43)41-17-9-7-15-34(41)35-16-8-10-18-42(35)45)33-25-36(30-11-3-1-4-12-30)40(28-47)37(26-33)31-13-5-2-6-14-31/h1-26H. The fraction of sp³-hybridized carbons (Fsp3) is 0.0222. The molecule has 9 rings (SSSR count). The molecule has 47 heavy (non-hydrogen) atoms. The highest BCUT2D eigenvalue weighted by Crippen LogP contribution is 2.63. The van der Waals surface area contributed by atoms with Gasteiger partial charge >= 0.3 is 0 Å². The van der Waals surface area contributed by atoms with Crippen LogP contribution in [0.4, 0.5) is 0 Å². The molecule has 0 heterocycles. The first-order chi connectivity index (χ1) is 23.2. The van der Waals surface area contributed by atoms with Gasteiger partial charge in [0.2, 0.25) is 0 Å². The summed E-state index contributed by atoms with van der Waals surface area (Å²) in [5.41, 5.74) is 16.5. The molecule has 0 radical (unpaired) electrons. The lowest BCUT2D eigenvalue weighted by molar-refractivity contribution is 0.794. The summed E-state index contributed by atoms with van der Waals surface area (Å²) >= 11 is 0. The van der Waals surface area contributed by atoms with Crippen molar-refractivity contribution in [2.75, 3.05) is 0 Å². The van der Waals surface area contributed by atoms with E-state index in [-0.39, 0.29) is 0 Å². The topological polar surface area (TPSA) is 47.6 Å². The first-order valence-electron chi connectivity index (χ1n) is 15.8. The van der Waals surface area contributed by atoms with Gasteiger partial charge in [-0.3, -0.25) is 0 Å². The van der Waals surface area contributed by atoms with Crippen molar-refractivity contribution in [2.24, 2.45) is 0 Å². The molecule has 7 aromatic rings. The van der Waals surface area contributed by atoms with Crippen molar-refractivity contribution in [3.05, 3.63) is 191 Å². The molecule has 0 aliphatic heterocycles. The second-order valence-electron chi connectivity index (χ2n) is 12.3. The third kappa shape index (κ3) is 3.77. The summed E-state index contributed by atoms with van der Waals surface area (Å²) in [6.07, 6.45) is 0. The molecule has 2 heteroatoms. The molecular weight excluding hydrogens is 569 g/mol. The highest BCUT2D eigenvalue weighted by Gasteiger charge is 2.51. The van der Waals surface area contributed by atoms with Crippen LogP contribution in [-0.4, -0.2) is 0 Å². The van der Waals surface area contributed by atoms with Crippen LogP contribution in [0, 0.1) is 22.7 Å². The second kappa shape index (κ2) is 10.3. The average molecular weight is 595 g/mol. The Hall–Kier alpha value is -6.48. The summed E-state index contributed by atoms with van der Waals surface area (Å²) in [6, 6.07) is 60.0. The van der Waals surface area contributed by atoms with E-state index in [9.17, 15) is 10.5 Å². The van der Waals surface area contributed by atoms with E-state index < -0.39 is 5.41 Å². The lowest BCUT2D eigenvalue weighted by Gasteiger charge is -2.30. The maximum absolute atomic E-state index is 10.5. The van der Waals surface area contributed by atoms with Crippen LogP contribution in [-0.2, 0) is 5.41 Å². The van der Waals surface area contributed by atoms with Crippen LogP contribution in [0.5, 0.6) is 0 Å². The van der Waals surface area contributed by atoms with Gasteiger partial charge in [0.05, 0.1) is 22.6 Å². The van der Waals surface area contributed by atoms with Gasteiger partial charge in [-0.1, -0.05) is 127 Å². The van der Waals surface area contributed by atoms with Crippen molar-refractivity contribution in [1.29, 1.82) is 10.5 Å². The molecule has 2 nitrogen and oxygen atoms in total. The molecule has 2 aliphatic carbocycles. The maximum atomic E-state index is 10.5. The Balaban J connectivity index is 1.34. The summed E-state index contributed by atoms with van der Waals surface area (Å²) in [4.78, 5) is 0. The monoisotopic (exact) mass is 594 g/mol. The molecule has 0 aromatic heterocycles. The minimum absolute atomic E-state index is 0.473. The summed E-state index contributed by atoms with van der Waals surface area (Å²) in [5, 5.41) is 20.4. The van der Waals surface area contributed by atoms with Crippen molar-refractivity contribution in [1.82, 2.24) is 0 Å². The number of rotatable bonds is 3. The Labute approximate surface area is 274 Å². The van der Waals surface area contributed by atoms with Gasteiger partial charge in [0, 0.05) is 11.1 Å². The molecule has 0 atom stereocenters. The normalized spacial score (nSPS) is 12.8. The quantitative estimate of drug-likeness (QED) is 0.204.